The third-order valence-corrected chi connectivity index (χ3v) is 6.21. The Hall–Kier alpha value is -3.66. The molecule has 2 aromatic heterocycles. The van der Waals surface area contributed by atoms with Gasteiger partial charge in [0.15, 0.2) is 33.8 Å². The Morgan fingerprint density at radius 2 is 1.78 bits per heavy atom. The van der Waals surface area contributed by atoms with Crippen molar-refractivity contribution in [3.8, 4) is 23.0 Å². The van der Waals surface area contributed by atoms with Crippen LogP contribution in [0.3, 0.4) is 0 Å². The first-order valence-electron chi connectivity index (χ1n) is 10.1. The van der Waals surface area contributed by atoms with Gasteiger partial charge in [-0.15, -0.1) is 10.2 Å². The fourth-order valence-corrected chi connectivity index (χ4v) is 4.58. The molecular weight excluding hydrogens is 432 g/mol. The largest absolute Gasteiger partial charge is 0.486 e. The number of hydrogen-bond donors (Lipinski definition) is 1. The Morgan fingerprint density at radius 3 is 2.66 bits per heavy atom. The van der Waals surface area contributed by atoms with Crippen LogP contribution in [0, 0.1) is 6.92 Å². The third kappa shape index (κ3) is 3.23. The van der Waals surface area contributed by atoms with Crippen molar-refractivity contribution in [2.24, 2.45) is 0 Å². The predicted octanol–water partition coefficient (Wildman–Crippen LogP) is 3.42. The van der Waals surface area contributed by atoms with Crippen molar-refractivity contribution < 1.29 is 23.7 Å². The zero-order valence-corrected chi connectivity index (χ0v) is 17.9. The Labute approximate surface area is 186 Å². The highest BCUT2D eigenvalue weighted by Crippen LogP contribution is 2.37. The number of carbonyl (C=O) groups is 1. The van der Waals surface area contributed by atoms with Crippen LogP contribution in [0.25, 0.3) is 16.6 Å². The number of fused-ring (bicyclic) bond motifs is 5. The minimum absolute atomic E-state index is 0.156. The maximum atomic E-state index is 12.6. The monoisotopic (exact) mass is 450 g/mol. The number of pyridine rings is 1. The highest BCUT2D eigenvalue weighted by Gasteiger charge is 2.19. The molecule has 2 aliphatic heterocycles. The van der Waals surface area contributed by atoms with E-state index < -0.39 is 0 Å². The van der Waals surface area contributed by atoms with E-state index in [1.54, 1.807) is 18.2 Å². The van der Waals surface area contributed by atoms with Gasteiger partial charge >= 0.3 is 0 Å². The number of thioether (sulfide) groups is 1. The number of amides is 1. The average molecular weight is 450 g/mol. The van der Waals surface area contributed by atoms with Crippen LogP contribution < -0.4 is 24.3 Å². The lowest BCUT2D eigenvalue weighted by Gasteiger charge is -2.19. The third-order valence-electron chi connectivity index (χ3n) is 5.28. The number of hydrogen-bond acceptors (Lipinski definition) is 8. The zero-order valence-electron chi connectivity index (χ0n) is 17.1. The summed E-state index contributed by atoms with van der Waals surface area (Å²) < 4.78 is 24.1. The number of carbonyl (C=O) groups excluding carboxylic acids is 1. The van der Waals surface area contributed by atoms with Crippen molar-refractivity contribution in [2.75, 3.05) is 31.1 Å². The van der Waals surface area contributed by atoms with Gasteiger partial charge < -0.3 is 24.3 Å². The summed E-state index contributed by atoms with van der Waals surface area (Å²) in [6, 6.07) is 11.3. The lowest BCUT2D eigenvalue weighted by Crippen LogP contribution is -2.15. The van der Waals surface area contributed by atoms with Crippen LogP contribution in [0.1, 0.15) is 5.56 Å². The van der Waals surface area contributed by atoms with E-state index in [4.69, 9.17) is 18.9 Å². The second-order valence-corrected chi connectivity index (χ2v) is 8.37. The standard InChI is InChI=1S/C22H18N4O5S/c1-12-6-13-7-17-19(29-5-4-28-17)9-15(13)26-21(12)24-25-22(26)32-10-20(27)23-14-2-3-16-18(8-14)31-11-30-16/h2-3,6-9H,4-5,10-11H2,1H3,(H,23,27). The van der Waals surface area contributed by atoms with Gasteiger partial charge in [-0.05, 0) is 36.8 Å². The number of ether oxygens (including phenoxy) is 4. The molecule has 4 aromatic rings. The molecule has 162 valence electrons. The van der Waals surface area contributed by atoms with E-state index in [1.807, 2.05) is 23.5 Å². The molecule has 0 saturated carbocycles. The van der Waals surface area contributed by atoms with Gasteiger partial charge in [0, 0.05) is 23.2 Å². The molecule has 1 N–H and O–H groups in total. The highest BCUT2D eigenvalue weighted by atomic mass is 32.2. The lowest BCUT2D eigenvalue weighted by atomic mass is 10.1. The molecule has 0 aliphatic carbocycles. The molecule has 0 saturated heterocycles. The van der Waals surface area contributed by atoms with Gasteiger partial charge in [-0.3, -0.25) is 9.20 Å². The van der Waals surface area contributed by atoms with Gasteiger partial charge in [-0.2, -0.15) is 0 Å². The Kier molecular flexibility index (Phi) is 4.46. The summed E-state index contributed by atoms with van der Waals surface area (Å²) in [6.07, 6.45) is 0. The van der Waals surface area contributed by atoms with Crippen molar-refractivity contribution in [1.82, 2.24) is 14.6 Å². The molecule has 9 nitrogen and oxygen atoms in total. The molecule has 2 aliphatic rings. The molecule has 1 amide bonds. The van der Waals surface area contributed by atoms with E-state index in [1.165, 1.54) is 11.8 Å². The van der Waals surface area contributed by atoms with Crippen molar-refractivity contribution in [2.45, 2.75) is 12.1 Å². The molecule has 0 unspecified atom stereocenters. The van der Waals surface area contributed by atoms with Crippen molar-refractivity contribution in [3.05, 3.63) is 42.0 Å². The summed E-state index contributed by atoms with van der Waals surface area (Å²) >= 11 is 1.32. The number of nitrogens with zero attached hydrogens (tertiary/aromatic N) is 3. The van der Waals surface area contributed by atoms with Gasteiger partial charge in [0.1, 0.15) is 13.2 Å². The summed E-state index contributed by atoms with van der Waals surface area (Å²) in [4.78, 5) is 12.6. The smallest absolute Gasteiger partial charge is 0.234 e. The molecular formula is C22H18N4O5S. The van der Waals surface area contributed by atoms with Crippen LogP contribution in [-0.4, -0.2) is 46.3 Å². The molecule has 0 spiro atoms. The van der Waals surface area contributed by atoms with E-state index in [9.17, 15) is 4.79 Å². The summed E-state index contributed by atoms with van der Waals surface area (Å²) in [5, 5.41) is 13.2. The van der Waals surface area contributed by atoms with E-state index in [0.717, 1.165) is 27.9 Å². The fourth-order valence-electron chi connectivity index (χ4n) is 3.84. The molecule has 0 fully saturated rings. The highest BCUT2D eigenvalue weighted by molar-refractivity contribution is 7.99. The molecule has 32 heavy (non-hydrogen) atoms. The van der Waals surface area contributed by atoms with Gasteiger partial charge in [0.2, 0.25) is 12.7 Å². The summed E-state index contributed by atoms with van der Waals surface area (Å²) in [5.41, 5.74) is 3.28. The number of nitrogens with one attached hydrogen (secondary N) is 1. The van der Waals surface area contributed by atoms with Gasteiger partial charge in [0.05, 0.1) is 11.3 Å². The van der Waals surface area contributed by atoms with E-state index in [0.29, 0.717) is 41.3 Å². The minimum Gasteiger partial charge on any atom is -0.486 e. The molecule has 0 bridgehead atoms. The molecule has 6 rings (SSSR count). The fraction of sp³-hybridized carbons (Fsp3) is 0.227. The number of aromatic nitrogens is 3. The maximum Gasteiger partial charge on any atom is 0.234 e. The SMILES string of the molecule is Cc1cc2cc3c(cc2n2c(SCC(=O)Nc4ccc5c(c4)OCO5)nnc12)OCCO3. The number of rotatable bonds is 4. The number of anilines is 1. The summed E-state index contributed by atoms with van der Waals surface area (Å²) in [6.45, 7) is 3.22. The van der Waals surface area contributed by atoms with Crippen molar-refractivity contribution >= 4 is 39.9 Å². The quantitative estimate of drug-likeness (QED) is 0.473. The zero-order chi connectivity index (χ0) is 21.7. The summed E-state index contributed by atoms with van der Waals surface area (Å²) in [5.74, 6) is 2.74. The first-order chi connectivity index (χ1) is 15.7. The van der Waals surface area contributed by atoms with Crippen molar-refractivity contribution in [1.29, 1.82) is 0 Å². The van der Waals surface area contributed by atoms with Crippen LogP contribution in [0.15, 0.2) is 41.6 Å². The van der Waals surface area contributed by atoms with E-state index in [2.05, 4.69) is 21.6 Å². The average Bonchev–Trinajstić information content (AvgIpc) is 3.44. The summed E-state index contributed by atoms with van der Waals surface area (Å²) in [7, 11) is 0. The van der Waals surface area contributed by atoms with Gasteiger partial charge in [-0.25, -0.2) is 0 Å². The second-order valence-electron chi connectivity index (χ2n) is 7.43. The first kappa shape index (κ1) is 19.1. The van der Waals surface area contributed by atoms with Crippen LogP contribution in [0.5, 0.6) is 23.0 Å². The first-order valence-corrected chi connectivity index (χ1v) is 11.0. The van der Waals surface area contributed by atoms with Crippen LogP contribution in [0.4, 0.5) is 5.69 Å². The van der Waals surface area contributed by atoms with E-state index in [-0.39, 0.29) is 18.5 Å². The van der Waals surface area contributed by atoms with Gasteiger partial charge in [0.25, 0.3) is 0 Å². The molecule has 0 atom stereocenters. The molecule has 2 aromatic carbocycles. The van der Waals surface area contributed by atoms with Crippen LogP contribution in [0.2, 0.25) is 0 Å². The van der Waals surface area contributed by atoms with Crippen molar-refractivity contribution in [3.63, 3.8) is 0 Å². The molecule has 0 radical (unpaired) electrons. The lowest BCUT2D eigenvalue weighted by molar-refractivity contribution is -0.113. The Morgan fingerprint density at radius 1 is 1.00 bits per heavy atom. The number of benzene rings is 2. The Bertz CT molecular complexity index is 1390. The Balaban J connectivity index is 1.28. The second kappa shape index (κ2) is 7.49. The normalized spacial score (nSPS) is 14.2. The maximum absolute atomic E-state index is 12.6. The predicted molar refractivity (Wildman–Crippen MR) is 118 cm³/mol. The number of aryl methyl sites for hydroxylation is 1. The molecule has 4 heterocycles. The van der Waals surface area contributed by atoms with Crippen LogP contribution >= 0.6 is 11.8 Å². The van der Waals surface area contributed by atoms with Crippen LogP contribution in [-0.2, 0) is 4.79 Å². The topological polar surface area (TPSA) is 96.2 Å². The molecule has 10 heteroatoms. The minimum atomic E-state index is -0.156. The van der Waals surface area contributed by atoms with Gasteiger partial charge in [-0.1, -0.05) is 11.8 Å². The van der Waals surface area contributed by atoms with E-state index >= 15 is 0 Å².